The van der Waals surface area contributed by atoms with Gasteiger partial charge in [0, 0.05) is 38.6 Å². The van der Waals surface area contributed by atoms with Crippen molar-refractivity contribution in [3.8, 4) is 5.75 Å². The number of hydrogen-bond acceptors (Lipinski definition) is 7. The molecule has 2 aliphatic rings. The smallest absolute Gasteiger partial charge is 0.223 e. The lowest BCUT2D eigenvalue weighted by Crippen LogP contribution is -2.46. The first-order valence-corrected chi connectivity index (χ1v) is 11.5. The summed E-state index contributed by atoms with van der Waals surface area (Å²) in [5.41, 5.74) is 1.17. The van der Waals surface area contributed by atoms with Crippen LogP contribution < -0.4 is 15.0 Å². The van der Waals surface area contributed by atoms with E-state index in [1.807, 2.05) is 18.2 Å². The molecule has 2 saturated heterocycles. The molecule has 8 nitrogen and oxygen atoms in total. The van der Waals surface area contributed by atoms with Crippen molar-refractivity contribution in [2.75, 3.05) is 57.9 Å². The first-order valence-electron chi connectivity index (χ1n) is 11.1. The van der Waals surface area contributed by atoms with Crippen LogP contribution in [0, 0.1) is 5.92 Å². The van der Waals surface area contributed by atoms with Crippen LogP contribution in [-0.4, -0.2) is 74.1 Å². The molecule has 0 unspecified atom stereocenters. The molecule has 0 radical (unpaired) electrons. The van der Waals surface area contributed by atoms with Crippen molar-refractivity contribution >= 4 is 23.3 Å². The van der Waals surface area contributed by atoms with Crippen LogP contribution in [-0.2, 0) is 9.53 Å². The number of aromatic nitrogens is 2. The third-order valence-electron chi connectivity index (χ3n) is 6.26. The van der Waals surface area contributed by atoms with Gasteiger partial charge in [0.05, 0.1) is 26.4 Å². The van der Waals surface area contributed by atoms with Gasteiger partial charge in [-0.2, -0.15) is 0 Å². The first kappa shape index (κ1) is 22.8. The summed E-state index contributed by atoms with van der Waals surface area (Å²) < 4.78 is 10.8. The lowest BCUT2D eigenvalue weighted by atomic mass is 9.95. The highest BCUT2D eigenvalue weighted by Crippen LogP contribution is 2.25. The molecule has 1 N–H and O–H groups in total. The molecule has 0 aliphatic carbocycles. The Morgan fingerprint density at radius 2 is 1.84 bits per heavy atom. The number of rotatable bonds is 7. The fourth-order valence-electron chi connectivity index (χ4n) is 4.36. The maximum absolute atomic E-state index is 13.0. The van der Waals surface area contributed by atoms with Gasteiger partial charge in [-0.3, -0.25) is 9.69 Å². The van der Waals surface area contributed by atoms with E-state index in [9.17, 15) is 4.79 Å². The Morgan fingerprint density at radius 3 is 2.47 bits per heavy atom. The molecule has 1 aromatic carbocycles. The van der Waals surface area contributed by atoms with Crippen molar-refractivity contribution in [2.24, 2.45) is 5.92 Å². The Bertz CT molecular complexity index is 866. The van der Waals surface area contributed by atoms with Gasteiger partial charge in [-0.15, -0.1) is 10.2 Å². The Labute approximate surface area is 193 Å². The maximum Gasteiger partial charge on any atom is 0.223 e. The minimum absolute atomic E-state index is 0.00714. The highest BCUT2D eigenvalue weighted by Gasteiger charge is 2.28. The number of morpholine rings is 1. The number of carbonyl (C=O) groups is 1. The normalized spacial score (nSPS) is 18.9. The Hall–Kier alpha value is -2.42. The molecule has 0 bridgehead atoms. The van der Waals surface area contributed by atoms with Crippen molar-refractivity contribution in [3.05, 3.63) is 47.1 Å². The lowest BCUT2D eigenvalue weighted by Gasteiger charge is -2.36. The molecule has 2 aromatic rings. The highest BCUT2D eigenvalue weighted by atomic mass is 35.5. The van der Waals surface area contributed by atoms with Crippen LogP contribution in [0.3, 0.4) is 0 Å². The molecule has 1 atom stereocenters. The van der Waals surface area contributed by atoms with Gasteiger partial charge in [-0.05, 0) is 42.7 Å². The number of nitrogens with one attached hydrogen (secondary N) is 1. The minimum atomic E-state index is 0.00714. The van der Waals surface area contributed by atoms with Gasteiger partial charge in [0.1, 0.15) is 5.75 Å². The molecule has 1 amide bonds. The van der Waals surface area contributed by atoms with Crippen LogP contribution in [0.1, 0.15) is 24.4 Å². The summed E-state index contributed by atoms with van der Waals surface area (Å²) in [5, 5.41) is 11.7. The molecule has 32 heavy (non-hydrogen) atoms. The zero-order valence-corrected chi connectivity index (χ0v) is 19.1. The molecular formula is C23H30ClN5O3. The predicted octanol–water partition coefficient (Wildman–Crippen LogP) is 2.54. The summed E-state index contributed by atoms with van der Waals surface area (Å²) in [6, 6.07) is 11.8. The van der Waals surface area contributed by atoms with Crippen LogP contribution >= 0.6 is 11.6 Å². The Balaban J connectivity index is 1.34. The summed E-state index contributed by atoms with van der Waals surface area (Å²) in [5.74, 6) is 1.77. The summed E-state index contributed by atoms with van der Waals surface area (Å²) >= 11 is 5.83. The van der Waals surface area contributed by atoms with Crippen LogP contribution in [0.4, 0.5) is 5.82 Å². The molecular weight excluding hydrogens is 430 g/mol. The third kappa shape index (κ3) is 5.68. The van der Waals surface area contributed by atoms with Crippen molar-refractivity contribution in [2.45, 2.75) is 18.9 Å². The van der Waals surface area contributed by atoms with E-state index in [-0.39, 0.29) is 17.9 Å². The molecule has 3 heterocycles. The molecule has 2 aliphatic heterocycles. The van der Waals surface area contributed by atoms with E-state index in [4.69, 9.17) is 21.1 Å². The van der Waals surface area contributed by atoms with E-state index in [0.717, 1.165) is 50.6 Å². The monoisotopic (exact) mass is 459 g/mol. The maximum atomic E-state index is 13.0. The topological polar surface area (TPSA) is 79.8 Å². The van der Waals surface area contributed by atoms with Crippen LogP contribution in [0.2, 0.25) is 5.15 Å². The second-order valence-electron chi connectivity index (χ2n) is 8.16. The molecule has 0 spiro atoms. The molecule has 172 valence electrons. The average Bonchev–Trinajstić information content (AvgIpc) is 2.86. The third-order valence-corrected chi connectivity index (χ3v) is 6.47. The van der Waals surface area contributed by atoms with Gasteiger partial charge in [0.2, 0.25) is 5.91 Å². The quantitative estimate of drug-likeness (QED) is 0.681. The summed E-state index contributed by atoms with van der Waals surface area (Å²) in [4.78, 5) is 17.5. The van der Waals surface area contributed by atoms with Gasteiger partial charge in [-0.25, -0.2) is 0 Å². The van der Waals surface area contributed by atoms with Gasteiger partial charge in [-0.1, -0.05) is 23.7 Å². The number of anilines is 1. The average molecular weight is 460 g/mol. The van der Waals surface area contributed by atoms with E-state index < -0.39 is 0 Å². The van der Waals surface area contributed by atoms with Gasteiger partial charge in [0.15, 0.2) is 11.0 Å². The number of hydrogen-bond donors (Lipinski definition) is 1. The number of carbonyl (C=O) groups excluding carboxylic acids is 1. The van der Waals surface area contributed by atoms with Gasteiger partial charge in [0.25, 0.3) is 0 Å². The fraction of sp³-hybridized carbons (Fsp3) is 0.522. The summed E-state index contributed by atoms with van der Waals surface area (Å²) in [7, 11) is 1.67. The van der Waals surface area contributed by atoms with E-state index in [1.165, 1.54) is 5.56 Å². The van der Waals surface area contributed by atoms with Crippen molar-refractivity contribution in [3.63, 3.8) is 0 Å². The number of benzene rings is 1. The molecule has 1 aromatic heterocycles. The molecule has 0 saturated carbocycles. The predicted molar refractivity (Wildman–Crippen MR) is 123 cm³/mol. The zero-order chi connectivity index (χ0) is 22.3. The fourth-order valence-corrected chi connectivity index (χ4v) is 4.46. The van der Waals surface area contributed by atoms with Crippen molar-refractivity contribution < 1.29 is 14.3 Å². The van der Waals surface area contributed by atoms with Gasteiger partial charge < -0.3 is 19.7 Å². The van der Waals surface area contributed by atoms with E-state index >= 15 is 0 Å². The van der Waals surface area contributed by atoms with E-state index in [2.05, 4.69) is 37.4 Å². The second-order valence-corrected chi connectivity index (χ2v) is 8.55. The largest absolute Gasteiger partial charge is 0.497 e. The number of methoxy groups -OCH3 is 1. The Kier molecular flexibility index (Phi) is 7.78. The Morgan fingerprint density at radius 1 is 1.12 bits per heavy atom. The van der Waals surface area contributed by atoms with Gasteiger partial charge >= 0.3 is 0 Å². The van der Waals surface area contributed by atoms with E-state index in [1.54, 1.807) is 13.2 Å². The van der Waals surface area contributed by atoms with Crippen molar-refractivity contribution in [1.82, 2.24) is 20.4 Å². The molecule has 9 heteroatoms. The molecule has 2 fully saturated rings. The number of halogens is 1. The highest BCUT2D eigenvalue weighted by molar-refractivity contribution is 6.29. The van der Waals surface area contributed by atoms with E-state index in [0.29, 0.717) is 24.9 Å². The van der Waals surface area contributed by atoms with Crippen LogP contribution in [0.25, 0.3) is 0 Å². The van der Waals surface area contributed by atoms with Crippen molar-refractivity contribution in [1.29, 1.82) is 0 Å². The second kappa shape index (κ2) is 10.9. The first-order chi connectivity index (χ1) is 15.6. The molecule has 4 rings (SSSR count). The van der Waals surface area contributed by atoms with Crippen LogP contribution in [0.5, 0.6) is 5.75 Å². The summed E-state index contributed by atoms with van der Waals surface area (Å²) in [6.45, 7) is 5.27. The number of amides is 1. The van der Waals surface area contributed by atoms with Crippen LogP contribution in [0.15, 0.2) is 36.4 Å². The number of piperidine rings is 1. The minimum Gasteiger partial charge on any atom is -0.497 e. The zero-order valence-electron chi connectivity index (χ0n) is 18.4. The number of ether oxygens (including phenoxy) is 2. The lowest BCUT2D eigenvalue weighted by molar-refractivity contribution is -0.126. The SMILES string of the molecule is COc1ccc([C@H](CNC(=O)C2CCN(c3ccc(Cl)nn3)CC2)N2CCOCC2)cc1. The number of nitrogens with zero attached hydrogens (tertiary/aromatic N) is 4. The summed E-state index contributed by atoms with van der Waals surface area (Å²) in [6.07, 6.45) is 1.59. The standard InChI is InChI=1S/C23H30ClN5O3/c1-31-19-4-2-17(3-5-19)20(28-12-14-32-15-13-28)16-25-23(30)18-8-10-29(11-9-18)22-7-6-21(24)26-27-22/h2-7,18,20H,8-16H2,1H3,(H,25,30)/t20-/m0/s1.